The number of primary amides is 1. The molecule has 0 fully saturated rings. The zero-order valence-corrected chi connectivity index (χ0v) is 33.2. The molecule has 0 spiro atoms. The first-order valence-electron chi connectivity index (χ1n) is 16.0. The number of nitrogens with two attached hydrogens (primary N) is 1. The van der Waals surface area contributed by atoms with E-state index < -0.39 is 81.0 Å². The predicted molar refractivity (Wildman–Crippen MR) is 209 cm³/mol. The fourth-order valence-electron chi connectivity index (χ4n) is 4.24. The van der Waals surface area contributed by atoms with Crippen LogP contribution in [0, 0.1) is 0 Å². The molecule has 0 aliphatic rings. The van der Waals surface area contributed by atoms with Gasteiger partial charge < -0.3 is 36.5 Å². The average Bonchev–Trinajstić information content (AvgIpc) is 3.11. The van der Waals surface area contributed by atoms with Crippen LogP contribution < -0.4 is 36.5 Å². The van der Waals surface area contributed by atoms with Crippen molar-refractivity contribution in [1.29, 1.82) is 0 Å². The maximum absolute atomic E-state index is 13.4. The van der Waals surface area contributed by atoms with Crippen LogP contribution in [0.25, 0.3) is 0 Å². The largest absolute Gasteiger partial charge is 0.424 e. The molecule has 0 radical (unpaired) electrons. The van der Waals surface area contributed by atoms with Crippen LogP contribution in [-0.4, -0.2) is 104 Å². The van der Waals surface area contributed by atoms with Gasteiger partial charge in [0.25, 0.3) is 0 Å². The first-order chi connectivity index (χ1) is 25.9. The molecule has 5 amide bonds. The van der Waals surface area contributed by atoms with Crippen LogP contribution in [0.2, 0.25) is 0 Å². The lowest BCUT2D eigenvalue weighted by Crippen LogP contribution is -2.46. The minimum absolute atomic E-state index is 0.0118. The molecule has 21 heteroatoms. The predicted octanol–water partition coefficient (Wildman–Crippen LogP) is 0.638. The highest BCUT2D eigenvalue weighted by Gasteiger charge is 2.29. The first-order valence-corrected chi connectivity index (χ1v) is 19.6. The number of esters is 2. The lowest BCUT2D eigenvalue weighted by molar-refractivity contribution is -0.138. The summed E-state index contributed by atoms with van der Waals surface area (Å²) in [4.78, 5) is 124. The van der Waals surface area contributed by atoms with E-state index in [9.17, 15) is 47.9 Å². The minimum atomic E-state index is -1.35. The fourth-order valence-corrected chi connectivity index (χ4v) is 7.42. The monoisotopic (exact) mass is 837 g/mol. The number of thiol groups is 1. The Bertz CT molecular complexity index is 1810. The molecule has 4 unspecified atom stereocenters. The lowest BCUT2D eigenvalue weighted by atomic mass is 10.2. The Morgan fingerprint density at radius 1 is 0.582 bits per heavy atom. The van der Waals surface area contributed by atoms with Crippen molar-refractivity contribution < 1.29 is 57.4 Å². The third-order valence-corrected chi connectivity index (χ3v) is 10.2. The van der Waals surface area contributed by atoms with Gasteiger partial charge in [-0.05, 0) is 24.3 Å². The summed E-state index contributed by atoms with van der Waals surface area (Å²) in [5.74, 6) is -6.34. The Morgan fingerprint density at radius 2 is 1.00 bits per heavy atom. The van der Waals surface area contributed by atoms with Gasteiger partial charge in [0.1, 0.15) is 41.2 Å². The molecule has 17 nitrogen and oxygen atoms in total. The fraction of sp³-hybridized carbons (Fsp3) is 0.353. The number of nitrogens with one attached hydrogen (secondary N) is 4. The zero-order valence-electron chi connectivity index (χ0n) is 29.9. The molecule has 2 rings (SSSR count). The molecule has 0 aliphatic carbocycles. The number of ether oxygens (including phenoxy) is 2. The van der Waals surface area contributed by atoms with Gasteiger partial charge in [0.15, 0.2) is 0 Å². The van der Waals surface area contributed by atoms with Crippen LogP contribution in [-0.2, 0) is 38.4 Å². The topological polar surface area (TPSA) is 263 Å². The Balaban J connectivity index is 2.20. The molecule has 2 aromatic carbocycles. The number of carbonyl (C=O) groups is 10. The molecular weight excluding hydrogens is 799 g/mol. The first kappa shape index (κ1) is 46.3. The number of para-hydroxylation sites is 2. The van der Waals surface area contributed by atoms with Crippen LogP contribution in [0.1, 0.15) is 48.4 Å². The van der Waals surface area contributed by atoms with Gasteiger partial charge in [-0.15, -0.1) is 0 Å². The van der Waals surface area contributed by atoms with E-state index in [1.165, 1.54) is 69.3 Å². The SMILES string of the molecule is CC(=O)NC(CSC(=O)C(CSC(=O)c1ccccc1OC(=O)c1ccccc1OC(=O)C(CSC(=O)C(CS)NC(C)=O)NC(C)=O)NC(C)=O)C(N)=O. The molecule has 0 aliphatic heterocycles. The van der Waals surface area contributed by atoms with Crippen molar-refractivity contribution >= 4 is 105 Å². The maximum Gasteiger partial charge on any atom is 0.347 e. The smallest absolute Gasteiger partial charge is 0.347 e. The van der Waals surface area contributed by atoms with Gasteiger partial charge in [-0.2, -0.15) is 12.6 Å². The standard InChI is InChI=1S/C34H39N5O12S4/c1-17(40)36-23(13-52)33(48)55-15-25(38-19(3)42)31(46)51-27-11-7-5-9-21(27)30(45)50-28-12-8-6-10-22(28)32(47)53-16-26(39-20(4)43)34(49)54-14-24(29(35)44)37-18(2)41/h5-12,23-26,52H,13-16H2,1-4H3,(H2,35,44)(H,36,40)(H,37,41)(H,38,42)(H,39,43). The Morgan fingerprint density at radius 3 is 1.53 bits per heavy atom. The lowest BCUT2D eigenvalue weighted by Gasteiger charge is -2.19. The number of amides is 5. The quantitative estimate of drug-likeness (QED) is 0.0644. The minimum Gasteiger partial charge on any atom is -0.424 e. The summed E-state index contributed by atoms with van der Waals surface area (Å²) >= 11 is 5.98. The molecule has 55 heavy (non-hydrogen) atoms. The molecule has 0 bridgehead atoms. The van der Waals surface area contributed by atoms with Gasteiger partial charge in [-0.25, -0.2) is 9.59 Å². The second-order valence-corrected chi connectivity index (χ2v) is 14.7. The second kappa shape index (κ2) is 23.1. The Labute approximate surface area is 333 Å². The van der Waals surface area contributed by atoms with Gasteiger partial charge in [0, 0.05) is 50.7 Å². The number of hydrogen-bond acceptors (Lipinski definition) is 16. The third kappa shape index (κ3) is 16.2. The molecular formula is C34H39N5O12S4. The van der Waals surface area contributed by atoms with Crippen LogP contribution in [0.4, 0.5) is 0 Å². The summed E-state index contributed by atoms with van der Waals surface area (Å²) in [5, 5.41) is 7.82. The van der Waals surface area contributed by atoms with E-state index in [1.807, 2.05) is 0 Å². The summed E-state index contributed by atoms with van der Waals surface area (Å²) in [6.07, 6.45) is 0. The molecule has 0 saturated carbocycles. The number of carbonyl (C=O) groups excluding carboxylic acids is 10. The average molecular weight is 838 g/mol. The van der Waals surface area contributed by atoms with Crippen molar-refractivity contribution in [2.45, 2.75) is 51.9 Å². The number of benzene rings is 2. The number of rotatable bonds is 19. The van der Waals surface area contributed by atoms with Gasteiger partial charge in [0.2, 0.25) is 44.9 Å². The molecule has 0 saturated heterocycles. The van der Waals surface area contributed by atoms with Crippen molar-refractivity contribution in [3.8, 4) is 11.5 Å². The van der Waals surface area contributed by atoms with Gasteiger partial charge >= 0.3 is 11.9 Å². The molecule has 0 heterocycles. The van der Waals surface area contributed by atoms with Crippen LogP contribution in [0.15, 0.2) is 48.5 Å². The number of hydrogen-bond donors (Lipinski definition) is 6. The van der Waals surface area contributed by atoms with Crippen LogP contribution in [0.5, 0.6) is 11.5 Å². The Kier molecular flexibility index (Phi) is 19.5. The molecule has 296 valence electrons. The highest BCUT2D eigenvalue weighted by Crippen LogP contribution is 2.27. The van der Waals surface area contributed by atoms with E-state index in [0.717, 1.165) is 6.92 Å². The summed E-state index contributed by atoms with van der Waals surface area (Å²) in [5.41, 5.74) is 4.97. The van der Waals surface area contributed by atoms with Crippen LogP contribution in [0.3, 0.4) is 0 Å². The van der Waals surface area contributed by atoms with Crippen LogP contribution >= 0.6 is 47.9 Å². The van der Waals surface area contributed by atoms with Crippen molar-refractivity contribution in [2.75, 3.05) is 23.0 Å². The van der Waals surface area contributed by atoms with E-state index >= 15 is 0 Å². The summed E-state index contributed by atoms with van der Waals surface area (Å²) in [6, 6.07) is 6.52. The zero-order chi connectivity index (χ0) is 41.2. The van der Waals surface area contributed by atoms with Crippen molar-refractivity contribution in [2.24, 2.45) is 5.73 Å². The molecule has 0 aromatic heterocycles. The van der Waals surface area contributed by atoms with Gasteiger partial charge in [-0.3, -0.25) is 38.4 Å². The third-order valence-electron chi connectivity index (χ3n) is 6.68. The molecule has 2 aromatic rings. The van der Waals surface area contributed by atoms with Crippen molar-refractivity contribution in [3.63, 3.8) is 0 Å². The van der Waals surface area contributed by atoms with Gasteiger partial charge in [0.05, 0.1) is 5.56 Å². The molecule has 4 atom stereocenters. The normalized spacial score (nSPS) is 12.7. The van der Waals surface area contributed by atoms with E-state index in [0.29, 0.717) is 35.3 Å². The van der Waals surface area contributed by atoms with E-state index in [1.54, 1.807) is 0 Å². The highest BCUT2D eigenvalue weighted by atomic mass is 32.2. The van der Waals surface area contributed by atoms with E-state index in [4.69, 9.17) is 15.2 Å². The van der Waals surface area contributed by atoms with Gasteiger partial charge in [-0.1, -0.05) is 59.6 Å². The molecule has 6 N–H and O–H groups in total. The Hall–Kier alpha value is -4.86. The summed E-state index contributed by atoms with van der Waals surface area (Å²) < 4.78 is 11.0. The summed E-state index contributed by atoms with van der Waals surface area (Å²) in [7, 11) is 0. The highest BCUT2D eigenvalue weighted by molar-refractivity contribution is 8.15. The van der Waals surface area contributed by atoms with E-state index in [-0.39, 0.29) is 45.6 Å². The van der Waals surface area contributed by atoms with Crippen molar-refractivity contribution in [3.05, 3.63) is 59.7 Å². The van der Waals surface area contributed by atoms with E-state index in [2.05, 4.69) is 33.9 Å². The number of thioether (sulfide) groups is 3. The summed E-state index contributed by atoms with van der Waals surface area (Å²) in [6.45, 7) is 4.71. The maximum atomic E-state index is 13.4. The van der Waals surface area contributed by atoms with Crippen molar-refractivity contribution in [1.82, 2.24) is 21.3 Å². The second-order valence-electron chi connectivity index (χ2n) is 11.3.